The van der Waals surface area contributed by atoms with Gasteiger partial charge in [-0.2, -0.15) is 0 Å². The van der Waals surface area contributed by atoms with Crippen molar-refractivity contribution in [2.24, 2.45) is 0 Å². The van der Waals surface area contributed by atoms with E-state index < -0.39 is 15.1 Å². The van der Waals surface area contributed by atoms with E-state index in [2.05, 4.69) is 0 Å². The van der Waals surface area contributed by atoms with Gasteiger partial charge in [0.15, 0.2) is 15.6 Å². The smallest absolute Gasteiger partial charge is 0.188 e. The number of carbonyl (C=O) groups excluding carboxylic acids is 1. The predicted molar refractivity (Wildman–Crippen MR) is 67.4 cm³/mol. The number of carbonyl (C=O) groups is 1. The minimum absolute atomic E-state index is 0.155. The molecule has 0 bridgehead atoms. The third kappa shape index (κ3) is 2.41. The van der Waals surface area contributed by atoms with Crippen LogP contribution in [0.25, 0.3) is 0 Å². The third-order valence-electron chi connectivity index (χ3n) is 3.26. The van der Waals surface area contributed by atoms with Crippen molar-refractivity contribution in [2.75, 3.05) is 7.11 Å². The summed E-state index contributed by atoms with van der Waals surface area (Å²) in [4.78, 5) is 11.9. The van der Waals surface area contributed by atoms with Crippen molar-refractivity contribution >= 4 is 15.6 Å². The molecule has 1 aromatic carbocycles. The van der Waals surface area contributed by atoms with Gasteiger partial charge >= 0.3 is 0 Å². The Labute approximate surface area is 107 Å². The average molecular weight is 268 g/mol. The lowest BCUT2D eigenvalue weighted by molar-refractivity contribution is -0.119. The van der Waals surface area contributed by atoms with Gasteiger partial charge < -0.3 is 4.74 Å². The first kappa shape index (κ1) is 13.1. The molecule has 5 heteroatoms. The molecule has 0 heterocycles. The van der Waals surface area contributed by atoms with E-state index in [1.165, 1.54) is 19.2 Å². The van der Waals surface area contributed by atoms with E-state index >= 15 is 0 Å². The maximum atomic E-state index is 12.3. The molecule has 1 aromatic rings. The van der Waals surface area contributed by atoms with Gasteiger partial charge in [-0.25, -0.2) is 8.42 Å². The van der Waals surface area contributed by atoms with Crippen LogP contribution in [0.1, 0.15) is 25.7 Å². The Morgan fingerprint density at radius 2 is 1.83 bits per heavy atom. The van der Waals surface area contributed by atoms with Crippen LogP contribution in [-0.2, 0) is 14.6 Å². The van der Waals surface area contributed by atoms with Crippen molar-refractivity contribution in [3.05, 3.63) is 24.3 Å². The van der Waals surface area contributed by atoms with Crippen LogP contribution < -0.4 is 4.74 Å². The molecule has 18 heavy (non-hydrogen) atoms. The monoisotopic (exact) mass is 268 g/mol. The highest BCUT2D eigenvalue weighted by molar-refractivity contribution is 7.92. The number of ketones is 1. The number of ether oxygens (including phenoxy) is 1. The summed E-state index contributed by atoms with van der Waals surface area (Å²) in [6.45, 7) is 0. The Morgan fingerprint density at radius 3 is 2.39 bits per heavy atom. The van der Waals surface area contributed by atoms with Crippen molar-refractivity contribution in [2.45, 2.75) is 35.8 Å². The molecular formula is C13H16O4S. The molecule has 0 N–H and O–H groups in total. The van der Waals surface area contributed by atoms with Crippen molar-refractivity contribution in [1.82, 2.24) is 0 Å². The number of Topliss-reactive ketones (excluding diaryl/α,β-unsaturated/α-hetero) is 1. The molecule has 0 amide bonds. The van der Waals surface area contributed by atoms with Crippen LogP contribution in [0.15, 0.2) is 29.2 Å². The largest absolute Gasteiger partial charge is 0.497 e. The molecule has 0 radical (unpaired) electrons. The van der Waals surface area contributed by atoms with Crippen LogP contribution in [0.4, 0.5) is 0 Å². The van der Waals surface area contributed by atoms with Crippen molar-refractivity contribution in [3.63, 3.8) is 0 Å². The average Bonchev–Trinajstić information content (AvgIpc) is 2.39. The van der Waals surface area contributed by atoms with E-state index in [0.717, 1.165) is 12.8 Å². The van der Waals surface area contributed by atoms with Gasteiger partial charge in [0.1, 0.15) is 11.0 Å². The molecule has 0 aromatic heterocycles. The molecule has 1 saturated carbocycles. The number of rotatable bonds is 3. The Bertz CT molecular complexity index is 531. The van der Waals surface area contributed by atoms with Gasteiger partial charge in [0.25, 0.3) is 0 Å². The van der Waals surface area contributed by atoms with Gasteiger partial charge in [0.05, 0.1) is 12.0 Å². The second kappa shape index (κ2) is 5.10. The molecule has 0 aliphatic heterocycles. The standard InChI is InChI=1S/C13H16O4S/c1-17-10-6-8-11(9-7-10)18(15,16)13-5-3-2-4-12(13)14/h6-9,13H,2-5H2,1H3. The first-order chi connectivity index (χ1) is 8.55. The van der Waals surface area contributed by atoms with Gasteiger partial charge in [-0.1, -0.05) is 6.42 Å². The molecule has 1 atom stereocenters. The van der Waals surface area contributed by atoms with E-state index in [9.17, 15) is 13.2 Å². The first-order valence-corrected chi connectivity index (χ1v) is 7.51. The van der Waals surface area contributed by atoms with Gasteiger partial charge in [-0.3, -0.25) is 4.79 Å². The Hall–Kier alpha value is -1.36. The molecule has 1 fully saturated rings. The SMILES string of the molecule is COc1ccc(S(=O)(=O)C2CCCCC2=O)cc1. The summed E-state index contributed by atoms with van der Waals surface area (Å²) in [5, 5.41) is -0.861. The lowest BCUT2D eigenvalue weighted by Gasteiger charge is -2.20. The summed E-state index contributed by atoms with van der Waals surface area (Å²) in [7, 11) is -2.02. The molecule has 0 spiro atoms. The lowest BCUT2D eigenvalue weighted by Crippen LogP contribution is -2.33. The van der Waals surface area contributed by atoms with Crippen LogP contribution in [0.2, 0.25) is 0 Å². The van der Waals surface area contributed by atoms with Crippen LogP contribution >= 0.6 is 0 Å². The maximum absolute atomic E-state index is 12.3. The number of sulfone groups is 1. The molecule has 1 aliphatic rings. The normalized spacial score (nSPS) is 20.7. The molecular weight excluding hydrogens is 252 g/mol. The zero-order valence-corrected chi connectivity index (χ0v) is 11.1. The fourth-order valence-electron chi connectivity index (χ4n) is 2.21. The Kier molecular flexibility index (Phi) is 3.71. The Morgan fingerprint density at radius 1 is 1.17 bits per heavy atom. The second-order valence-corrected chi connectivity index (χ2v) is 6.55. The molecule has 98 valence electrons. The zero-order valence-electron chi connectivity index (χ0n) is 10.3. The minimum atomic E-state index is -3.54. The van der Waals surface area contributed by atoms with E-state index in [1.54, 1.807) is 12.1 Å². The number of benzene rings is 1. The van der Waals surface area contributed by atoms with Gasteiger partial charge in [0, 0.05) is 6.42 Å². The summed E-state index contributed by atoms with van der Waals surface area (Å²) in [5.74, 6) is 0.445. The van der Waals surface area contributed by atoms with E-state index in [4.69, 9.17) is 4.74 Å². The highest BCUT2D eigenvalue weighted by atomic mass is 32.2. The van der Waals surface area contributed by atoms with Crippen LogP contribution in [0.3, 0.4) is 0 Å². The topological polar surface area (TPSA) is 60.4 Å². The molecule has 4 nitrogen and oxygen atoms in total. The highest BCUT2D eigenvalue weighted by Crippen LogP contribution is 2.27. The summed E-state index contributed by atoms with van der Waals surface area (Å²) < 4.78 is 29.7. The summed E-state index contributed by atoms with van der Waals surface area (Å²) >= 11 is 0. The van der Waals surface area contributed by atoms with Crippen molar-refractivity contribution in [1.29, 1.82) is 0 Å². The van der Waals surface area contributed by atoms with Gasteiger partial charge in [-0.05, 0) is 37.1 Å². The molecule has 1 unspecified atom stereocenters. The molecule has 2 rings (SSSR count). The number of hydrogen-bond donors (Lipinski definition) is 0. The fourth-order valence-corrected chi connectivity index (χ4v) is 3.99. The number of hydrogen-bond acceptors (Lipinski definition) is 4. The van der Waals surface area contributed by atoms with Crippen molar-refractivity contribution in [3.8, 4) is 5.75 Å². The molecule has 0 saturated heterocycles. The van der Waals surface area contributed by atoms with E-state index in [0.29, 0.717) is 18.6 Å². The predicted octanol–water partition coefficient (Wildman–Crippen LogP) is 1.98. The summed E-state index contributed by atoms with van der Waals surface area (Å²) in [6, 6.07) is 6.19. The lowest BCUT2D eigenvalue weighted by atomic mass is 9.99. The zero-order chi connectivity index (χ0) is 13.2. The fraction of sp³-hybridized carbons (Fsp3) is 0.462. The van der Waals surface area contributed by atoms with Crippen LogP contribution in [0.5, 0.6) is 5.75 Å². The van der Waals surface area contributed by atoms with Gasteiger partial charge in [-0.15, -0.1) is 0 Å². The minimum Gasteiger partial charge on any atom is -0.497 e. The third-order valence-corrected chi connectivity index (χ3v) is 5.44. The van der Waals surface area contributed by atoms with Crippen LogP contribution in [0, 0.1) is 0 Å². The first-order valence-electron chi connectivity index (χ1n) is 5.96. The summed E-state index contributed by atoms with van der Waals surface area (Å²) in [6.07, 6.45) is 2.41. The highest BCUT2D eigenvalue weighted by Gasteiger charge is 2.35. The molecule has 1 aliphatic carbocycles. The van der Waals surface area contributed by atoms with Gasteiger partial charge in [0.2, 0.25) is 0 Å². The quantitative estimate of drug-likeness (QED) is 0.841. The second-order valence-electron chi connectivity index (χ2n) is 4.42. The van der Waals surface area contributed by atoms with Crippen molar-refractivity contribution < 1.29 is 17.9 Å². The van der Waals surface area contributed by atoms with E-state index in [1.807, 2.05) is 0 Å². The maximum Gasteiger partial charge on any atom is 0.188 e. The Balaban J connectivity index is 2.31. The van der Waals surface area contributed by atoms with E-state index in [-0.39, 0.29) is 10.7 Å². The van der Waals surface area contributed by atoms with Crippen LogP contribution in [-0.4, -0.2) is 26.6 Å². The summed E-state index contributed by atoms with van der Waals surface area (Å²) in [5.41, 5.74) is 0. The number of methoxy groups -OCH3 is 1.